The van der Waals surface area contributed by atoms with E-state index in [9.17, 15) is 9.59 Å². The van der Waals surface area contributed by atoms with Gasteiger partial charge in [0.15, 0.2) is 0 Å². The lowest BCUT2D eigenvalue weighted by Gasteiger charge is -2.05. The third-order valence-electron chi connectivity index (χ3n) is 2.80. The Hall–Kier alpha value is -2.39. The lowest BCUT2D eigenvalue weighted by molar-refractivity contribution is 0.0817. The Bertz CT molecular complexity index is 651. The second-order valence-corrected chi connectivity index (χ2v) is 4.08. The summed E-state index contributed by atoms with van der Waals surface area (Å²) in [5.74, 6) is -1.15. The minimum atomic E-state index is -0.598. The normalized spacial score (nSPS) is 9.40. The zero-order chi connectivity index (χ0) is 13.8. The predicted octanol–water partition coefficient (Wildman–Crippen LogP) is 3.40. The van der Waals surface area contributed by atoms with Crippen LogP contribution in [0.2, 0.25) is 0 Å². The average molecular weight is 288 g/mol. The fourth-order valence-electron chi connectivity index (χ4n) is 1.76. The van der Waals surface area contributed by atoms with Gasteiger partial charge < -0.3 is 5.73 Å². The largest absolute Gasteiger partial charge is 0.398 e. The molecule has 0 spiro atoms. The summed E-state index contributed by atoms with van der Waals surface area (Å²) in [6, 6.07) is 13.3. The molecule has 2 N–H and O–H groups in total. The third-order valence-corrected chi connectivity index (χ3v) is 2.80. The highest BCUT2D eigenvalue weighted by atomic mass is 35.5. The molecule has 0 fully saturated rings. The van der Waals surface area contributed by atoms with Crippen molar-refractivity contribution in [1.82, 2.24) is 0 Å². The van der Waals surface area contributed by atoms with Gasteiger partial charge in [-0.3, -0.25) is 9.59 Å². The van der Waals surface area contributed by atoms with Gasteiger partial charge in [-0.05, 0) is 17.7 Å². The van der Waals surface area contributed by atoms with Crippen molar-refractivity contribution in [2.75, 3.05) is 5.73 Å². The van der Waals surface area contributed by atoms with Crippen LogP contribution >= 0.6 is 12.4 Å². The average Bonchev–Trinajstić information content (AvgIpc) is 2.46. The van der Waals surface area contributed by atoms with Crippen molar-refractivity contribution in [3.05, 3.63) is 71.8 Å². The standard InChI is InChI=1S/C16H13NO2.ClH/c1-2-11-8-9-13(14(17)10-11)16(19)15(18)12-6-4-3-5-7-12;/h2-10H,1,17H2;1H. The Kier molecular flexibility index (Phi) is 5.23. The summed E-state index contributed by atoms with van der Waals surface area (Å²) in [5, 5.41) is 0. The van der Waals surface area contributed by atoms with Crippen molar-refractivity contribution in [2.45, 2.75) is 0 Å². The van der Waals surface area contributed by atoms with E-state index in [2.05, 4.69) is 6.58 Å². The molecule has 0 atom stereocenters. The number of hydrogen-bond acceptors (Lipinski definition) is 3. The quantitative estimate of drug-likeness (QED) is 0.532. The molecule has 102 valence electrons. The van der Waals surface area contributed by atoms with Gasteiger partial charge in [-0.1, -0.05) is 49.1 Å². The van der Waals surface area contributed by atoms with Crippen LogP contribution in [0.1, 0.15) is 26.3 Å². The van der Waals surface area contributed by atoms with Gasteiger partial charge >= 0.3 is 0 Å². The van der Waals surface area contributed by atoms with Crippen LogP contribution in [0.25, 0.3) is 6.08 Å². The van der Waals surface area contributed by atoms with E-state index in [1.165, 1.54) is 0 Å². The van der Waals surface area contributed by atoms with Crippen molar-refractivity contribution in [3.63, 3.8) is 0 Å². The highest BCUT2D eigenvalue weighted by Gasteiger charge is 2.20. The van der Waals surface area contributed by atoms with Crippen molar-refractivity contribution >= 4 is 35.7 Å². The Balaban J connectivity index is 0.00000200. The number of anilines is 1. The van der Waals surface area contributed by atoms with Crippen LogP contribution < -0.4 is 5.73 Å². The van der Waals surface area contributed by atoms with Crippen LogP contribution in [0.4, 0.5) is 5.69 Å². The Morgan fingerprint density at radius 1 is 1.00 bits per heavy atom. The number of carbonyl (C=O) groups is 2. The first-order valence-corrected chi connectivity index (χ1v) is 5.79. The second-order valence-electron chi connectivity index (χ2n) is 4.08. The van der Waals surface area contributed by atoms with E-state index in [4.69, 9.17) is 5.73 Å². The maximum absolute atomic E-state index is 12.1. The summed E-state index contributed by atoms with van der Waals surface area (Å²) in [6.07, 6.45) is 1.63. The van der Waals surface area contributed by atoms with Gasteiger partial charge in [0.2, 0.25) is 11.6 Å². The van der Waals surface area contributed by atoms with Gasteiger partial charge in [0, 0.05) is 16.8 Å². The molecular weight excluding hydrogens is 274 g/mol. The SMILES string of the molecule is C=Cc1ccc(C(=O)C(=O)c2ccccc2)c(N)c1.Cl. The van der Waals surface area contributed by atoms with E-state index >= 15 is 0 Å². The predicted molar refractivity (Wildman–Crippen MR) is 83.3 cm³/mol. The van der Waals surface area contributed by atoms with E-state index in [0.717, 1.165) is 5.56 Å². The van der Waals surface area contributed by atoms with Crippen LogP contribution in [0, 0.1) is 0 Å². The summed E-state index contributed by atoms with van der Waals surface area (Å²) >= 11 is 0. The molecule has 2 aromatic carbocycles. The molecular formula is C16H14ClNO2. The molecule has 0 aliphatic rings. The molecule has 0 aromatic heterocycles. The number of benzene rings is 2. The monoisotopic (exact) mass is 287 g/mol. The smallest absolute Gasteiger partial charge is 0.235 e. The molecule has 0 aliphatic heterocycles. The van der Waals surface area contributed by atoms with E-state index < -0.39 is 11.6 Å². The first-order chi connectivity index (χ1) is 9.13. The van der Waals surface area contributed by atoms with Crippen LogP contribution in [0.3, 0.4) is 0 Å². The molecule has 0 saturated carbocycles. The maximum Gasteiger partial charge on any atom is 0.235 e. The highest BCUT2D eigenvalue weighted by Crippen LogP contribution is 2.17. The van der Waals surface area contributed by atoms with Gasteiger partial charge in [-0.15, -0.1) is 12.4 Å². The number of ketones is 2. The molecule has 0 bridgehead atoms. The molecule has 0 aliphatic carbocycles. The molecule has 20 heavy (non-hydrogen) atoms. The van der Waals surface area contributed by atoms with Crippen molar-refractivity contribution in [3.8, 4) is 0 Å². The highest BCUT2D eigenvalue weighted by molar-refractivity contribution is 6.50. The second kappa shape index (κ2) is 6.68. The number of nitrogens with two attached hydrogens (primary N) is 1. The third kappa shape index (κ3) is 3.13. The first kappa shape index (κ1) is 15.7. The fourth-order valence-corrected chi connectivity index (χ4v) is 1.76. The Labute approximate surface area is 123 Å². The summed E-state index contributed by atoms with van der Waals surface area (Å²) in [6.45, 7) is 3.62. The molecule has 2 rings (SSSR count). The van der Waals surface area contributed by atoms with Crippen molar-refractivity contribution < 1.29 is 9.59 Å². The Morgan fingerprint density at radius 3 is 2.20 bits per heavy atom. The van der Waals surface area contributed by atoms with Gasteiger partial charge in [0.05, 0.1) is 0 Å². The van der Waals surface area contributed by atoms with E-state index in [-0.39, 0.29) is 23.7 Å². The number of nitrogen functional groups attached to an aromatic ring is 1. The molecule has 0 saturated heterocycles. The van der Waals surface area contributed by atoms with Gasteiger partial charge in [-0.2, -0.15) is 0 Å². The fraction of sp³-hybridized carbons (Fsp3) is 0. The molecule has 0 radical (unpaired) electrons. The van der Waals surface area contributed by atoms with E-state index in [0.29, 0.717) is 5.56 Å². The summed E-state index contributed by atoms with van der Waals surface area (Å²) in [5.41, 5.74) is 7.47. The molecule has 3 nitrogen and oxygen atoms in total. The first-order valence-electron chi connectivity index (χ1n) is 5.79. The number of halogens is 1. The summed E-state index contributed by atoms with van der Waals surface area (Å²) < 4.78 is 0. The number of carbonyl (C=O) groups excluding carboxylic acids is 2. The van der Waals surface area contributed by atoms with Crippen LogP contribution in [0.15, 0.2) is 55.1 Å². The van der Waals surface area contributed by atoms with Gasteiger partial charge in [-0.25, -0.2) is 0 Å². The zero-order valence-corrected chi connectivity index (χ0v) is 11.5. The van der Waals surface area contributed by atoms with Crippen molar-refractivity contribution in [1.29, 1.82) is 0 Å². The van der Waals surface area contributed by atoms with Crippen LogP contribution in [-0.4, -0.2) is 11.6 Å². The number of Topliss-reactive ketones (excluding diaryl/α,β-unsaturated/α-hetero) is 2. The number of rotatable bonds is 4. The van der Waals surface area contributed by atoms with E-state index in [1.807, 2.05) is 0 Å². The molecule has 0 amide bonds. The summed E-state index contributed by atoms with van der Waals surface area (Å²) in [4.78, 5) is 24.1. The van der Waals surface area contributed by atoms with Crippen LogP contribution in [-0.2, 0) is 0 Å². The number of hydrogen-bond donors (Lipinski definition) is 1. The van der Waals surface area contributed by atoms with Crippen molar-refractivity contribution in [2.24, 2.45) is 0 Å². The molecule has 2 aromatic rings. The van der Waals surface area contributed by atoms with Crippen LogP contribution in [0.5, 0.6) is 0 Å². The summed E-state index contributed by atoms with van der Waals surface area (Å²) in [7, 11) is 0. The minimum Gasteiger partial charge on any atom is -0.398 e. The van der Waals surface area contributed by atoms with Gasteiger partial charge in [0.25, 0.3) is 0 Å². The maximum atomic E-state index is 12.1. The topological polar surface area (TPSA) is 60.2 Å². The molecule has 0 heterocycles. The van der Waals surface area contributed by atoms with Gasteiger partial charge in [0.1, 0.15) is 0 Å². The Morgan fingerprint density at radius 2 is 1.65 bits per heavy atom. The van der Waals surface area contributed by atoms with E-state index in [1.54, 1.807) is 54.6 Å². The minimum absolute atomic E-state index is 0. The lowest BCUT2D eigenvalue weighted by atomic mass is 9.99. The molecule has 0 unspecified atom stereocenters. The molecule has 4 heteroatoms. The lowest BCUT2D eigenvalue weighted by Crippen LogP contribution is -2.16. The zero-order valence-electron chi connectivity index (χ0n) is 10.7.